The molecule has 0 aliphatic carbocycles. The zero-order valence-electron chi connectivity index (χ0n) is 12.9. The molecule has 6 heteroatoms. The number of hydrogen-bond acceptors (Lipinski definition) is 5. The highest BCUT2D eigenvalue weighted by atomic mass is 16.6. The Labute approximate surface area is 134 Å². The molecule has 0 aliphatic rings. The van der Waals surface area contributed by atoms with Crippen molar-refractivity contribution in [3.05, 3.63) is 69.9 Å². The lowest BCUT2D eigenvalue weighted by Gasteiger charge is -2.16. The van der Waals surface area contributed by atoms with Crippen LogP contribution in [0.25, 0.3) is 6.08 Å². The minimum Gasteiger partial charge on any atom is -0.493 e. The molecule has 0 radical (unpaired) electrons. The lowest BCUT2D eigenvalue weighted by atomic mass is 10.1. The van der Waals surface area contributed by atoms with Crippen molar-refractivity contribution in [3.8, 4) is 17.2 Å². The second kappa shape index (κ2) is 7.84. The molecule has 0 saturated carbocycles. The van der Waals surface area contributed by atoms with Crippen LogP contribution in [-0.4, -0.2) is 19.1 Å². The monoisotopic (exact) mass is 315 g/mol. The minimum absolute atomic E-state index is 0.329. The van der Waals surface area contributed by atoms with Crippen molar-refractivity contribution in [1.29, 1.82) is 0 Å². The highest BCUT2D eigenvalue weighted by molar-refractivity contribution is 5.66. The Bertz CT molecular complexity index is 698. The van der Waals surface area contributed by atoms with E-state index in [1.165, 1.54) is 20.3 Å². The summed E-state index contributed by atoms with van der Waals surface area (Å²) >= 11 is 0. The zero-order chi connectivity index (χ0) is 16.7. The van der Waals surface area contributed by atoms with Crippen molar-refractivity contribution < 1.29 is 19.1 Å². The third kappa shape index (κ3) is 4.23. The fourth-order valence-corrected chi connectivity index (χ4v) is 2.07. The molecule has 0 N–H and O–H groups in total. The summed E-state index contributed by atoms with van der Waals surface area (Å²) in [6.45, 7) is 0.329. The topological polar surface area (TPSA) is 70.8 Å². The molecule has 0 bridgehead atoms. The SMILES string of the molecule is COc1ccc(/C=C\[N+](=O)[O-])c(OC)c1OCc1ccccc1. The van der Waals surface area contributed by atoms with E-state index in [2.05, 4.69) is 0 Å². The predicted octanol–water partition coefficient (Wildman–Crippen LogP) is 3.53. The smallest absolute Gasteiger partial charge is 0.235 e. The van der Waals surface area contributed by atoms with Crippen LogP contribution in [0.1, 0.15) is 11.1 Å². The molecular weight excluding hydrogens is 298 g/mol. The summed E-state index contributed by atoms with van der Waals surface area (Å²) in [5.74, 6) is 1.29. The van der Waals surface area contributed by atoms with Crippen LogP contribution in [0.15, 0.2) is 48.7 Å². The molecule has 0 spiro atoms. The van der Waals surface area contributed by atoms with E-state index >= 15 is 0 Å². The Hall–Kier alpha value is -3.02. The summed E-state index contributed by atoms with van der Waals surface area (Å²) in [5, 5.41) is 10.5. The van der Waals surface area contributed by atoms with Gasteiger partial charge in [0.1, 0.15) is 6.61 Å². The third-order valence-electron chi connectivity index (χ3n) is 3.13. The van der Waals surface area contributed by atoms with Gasteiger partial charge in [-0.1, -0.05) is 30.3 Å². The van der Waals surface area contributed by atoms with E-state index in [4.69, 9.17) is 14.2 Å². The average molecular weight is 315 g/mol. The Morgan fingerprint density at radius 3 is 2.39 bits per heavy atom. The van der Waals surface area contributed by atoms with Crippen molar-refractivity contribution in [1.82, 2.24) is 0 Å². The van der Waals surface area contributed by atoms with Gasteiger partial charge in [0.2, 0.25) is 11.9 Å². The van der Waals surface area contributed by atoms with Crippen LogP contribution in [0.4, 0.5) is 0 Å². The Morgan fingerprint density at radius 2 is 1.78 bits per heavy atom. The first-order chi connectivity index (χ1) is 11.2. The summed E-state index contributed by atoms with van der Waals surface area (Å²) in [5.41, 5.74) is 1.52. The van der Waals surface area contributed by atoms with E-state index in [-0.39, 0.29) is 0 Å². The molecule has 0 unspecified atom stereocenters. The van der Waals surface area contributed by atoms with Crippen molar-refractivity contribution in [2.75, 3.05) is 14.2 Å². The predicted molar refractivity (Wildman–Crippen MR) is 86.3 cm³/mol. The zero-order valence-corrected chi connectivity index (χ0v) is 12.9. The molecule has 0 saturated heterocycles. The standard InChI is InChI=1S/C17H17NO5/c1-21-15-9-8-14(10-11-18(19)20)16(22-2)17(15)23-12-13-6-4-3-5-7-13/h3-11H,12H2,1-2H3/b11-10-. The fourth-order valence-electron chi connectivity index (χ4n) is 2.07. The third-order valence-corrected chi connectivity index (χ3v) is 3.13. The summed E-state index contributed by atoms with van der Waals surface area (Å²) in [7, 11) is 3.00. The number of hydrogen-bond donors (Lipinski definition) is 0. The number of rotatable bonds is 7. The number of nitrogens with zero attached hydrogens (tertiary/aromatic N) is 1. The van der Waals surface area contributed by atoms with Gasteiger partial charge in [-0.25, -0.2) is 0 Å². The van der Waals surface area contributed by atoms with E-state index < -0.39 is 4.92 Å². The number of nitro groups is 1. The maximum absolute atomic E-state index is 10.5. The van der Waals surface area contributed by atoms with Gasteiger partial charge < -0.3 is 14.2 Å². The summed E-state index contributed by atoms with van der Waals surface area (Å²) in [6, 6.07) is 13.0. The summed E-state index contributed by atoms with van der Waals surface area (Å²) in [4.78, 5) is 9.98. The lowest BCUT2D eigenvalue weighted by molar-refractivity contribution is -0.400. The Balaban J connectivity index is 2.34. The highest BCUT2D eigenvalue weighted by Crippen LogP contribution is 2.41. The van der Waals surface area contributed by atoms with E-state index in [0.717, 1.165) is 11.8 Å². The normalized spacial score (nSPS) is 10.5. The molecule has 0 aromatic heterocycles. The largest absolute Gasteiger partial charge is 0.493 e. The van der Waals surface area contributed by atoms with Gasteiger partial charge in [0.15, 0.2) is 11.5 Å². The molecule has 2 aromatic carbocycles. The van der Waals surface area contributed by atoms with Crippen LogP contribution in [0, 0.1) is 10.1 Å². The van der Waals surface area contributed by atoms with Crippen LogP contribution < -0.4 is 14.2 Å². The first-order valence-electron chi connectivity index (χ1n) is 6.89. The maximum Gasteiger partial charge on any atom is 0.235 e. The van der Waals surface area contributed by atoms with E-state index in [9.17, 15) is 10.1 Å². The van der Waals surface area contributed by atoms with Crippen LogP contribution >= 0.6 is 0 Å². The summed E-state index contributed by atoms with van der Waals surface area (Å²) in [6.07, 6.45) is 2.21. The molecule has 0 aliphatic heterocycles. The van der Waals surface area contributed by atoms with Gasteiger partial charge in [-0.3, -0.25) is 10.1 Å². The van der Waals surface area contributed by atoms with Crippen LogP contribution in [-0.2, 0) is 6.61 Å². The molecule has 0 atom stereocenters. The van der Waals surface area contributed by atoms with Crippen LogP contribution in [0.5, 0.6) is 17.2 Å². The second-order valence-corrected chi connectivity index (χ2v) is 4.59. The summed E-state index contributed by atoms with van der Waals surface area (Å²) < 4.78 is 16.5. The first kappa shape index (κ1) is 16.4. The van der Waals surface area contributed by atoms with Crippen molar-refractivity contribution in [2.45, 2.75) is 6.61 Å². The fraction of sp³-hybridized carbons (Fsp3) is 0.176. The van der Waals surface area contributed by atoms with Gasteiger partial charge in [0.05, 0.1) is 19.1 Å². The molecule has 2 aromatic rings. The Morgan fingerprint density at radius 1 is 1.04 bits per heavy atom. The first-order valence-corrected chi connectivity index (χ1v) is 6.89. The second-order valence-electron chi connectivity index (χ2n) is 4.59. The molecule has 0 heterocycles. The molecule has 6 nitrogen and oxygen atoms in total. The number of ether oxygens (including phenoxy) is 3. The Kier molecular flexibility index (Phi) is 5.57. The molecule has 0 fully saturated rings. The van der Waals surface area contributed by atoms with Gasteiger partial charge in [-0.2, -0.15) is 0 Å². The van der Waals surface area contributed by atoms with Gasteiger partial charge in [0.25, 0.3) is 0 Å². The van der Waals surface area contributed by atoms with Crippen molar-refractivity contribution in [2.24, 2.45) is 0 Å². The molecule has 2 rings (SSSR count). The van der Waals surface area contributed by atoms with Crippen LogP contribution in [0.3, 0.4) is 0 Å². The van der Waals surface area contributed by atoms with Crippen molar-refractivity contribution in [3.63, 3.8) is 0 Å². The molecule has 0 amide bonds. The van der Waals surface area contributed by atoms with Crippen molar-refractivity contribution >= 4 is 6.08 Å². The van der Waals surface area contributed by atoms with Gasteiger partial charge in [-0.15, -0.1) is 0 Å². The van der Waals surface area contributed by atoms with E-state index in [1.54, 1.807) is 12.1 Å². The molecular formula is C17H17NO5. The average Bonchev–Trinajstić information content (AvgIpc) is 2.58. The van der Waals surface area contributed by atoms with E-state index in [0.29, 0.717) is 29.4 Å². The highest BCUT2D eigenvalue weighted by Gasteiger charge is 2.16. The quantitative estimate of drug-likeness (QED) is 0.577. The van der Waals surface area contributed by atoms with Gasteiger partial charge in [-0.05, 0) is 17.7 Å². The lowest BCUT2D eigenvalue weighted by Crippen LogP contribution is -2.01. The minimum atomic E-state index is -0.534. The van der Waals surface area contributed by atoms with Crippen LogP contribution in [0.2, 0.25) is 0 Å². The van der Waals surface area contributed by atoms with E-state index in [1.807, 2.05) is 30.3 Å². The maximum atomic E-state index is 10.5. The number of benzene rings is 2. The molecule has 23 heavy (non-hydrogen) atoms. The van der Waals surface area contributed by atoms with Gasteiger partial charge in [0, 0.05) is 11.6 Å². The molecule has 120 valence electrons. The number of methoxy groups -OCH3 is 2. The van der Waals surface area contributed by atoms with Gasteiger partial charge >= 0.3 is 0 Å².